The molecule has 4 N–H and O–H groups in total. The third-order valence-corrected chi connectivity index (χ3v) is 8.99. The summed E-state index contributed by atoms with van der Waals surface area (Å²) in [5.74, 6) is -7.10. The topological polar surface area (TPSA) is 118 Å². The predicted molar refractivity (Wildman–Crippen MR) is 147 cm³/mol. The minimum absolute atomic E-state index is 0.0289. The van der Waals surface area contributed by atoms with E-state index in [1.165, 1.54) is 12.4 Å². The summed E-state index contributed by atoms with van der Waals surface area (Å²) in [5, 5.41) is 23.4. The smallest absolute Gasteiger partial charge is 0.308 e. The number of rotatable bonds is 5. The summed E-state index contributed by atoms with van der Waals surface area (Å²) in [6.07, 6.45) is 5.49. The SMILES string of the molecule is N#Cc1c(-c2c[nH]c3c(F)cc(F)cc23)nc(NC2C3CCC(CC3)C2C(=O)O)c(F)c1-c1c[nH]c2c(F)cc(F)cc12. The van der Waals surface area contributed by atoms with E-state index in [4.69, 9.17) is 0 Å². The second-order valence-corrected chi connectivity index (χ2v) is 11.2. The number of nitrogens with one attached hydrogen (secondary N) is 3. The minimum Gasteiger partial charge on any atom is -0.481 e. The summed E-state index contributed by atoms with van der Waals surface area (Å²) >= 11 is 0. The molecule has 5 aromatic rings. The molecule has 3 fully saturated rings. The fraction of sp³-hybridized carbons (Fsp3) is 0.258. The molecule has 2 bridgehead atoms. The number of carboxylic acids is 1. The number of aliphatic carboxylic acids is 1. The number of hydrogen-bond donors (Lipinski definition) is 4. The van der Waals surface area contributed by atoms with E-state index in [1.807, 2.05) is 6.07 Å². The molecule has 2 aromatic carbocycles. The van der Waals surface area contributed by atoms with Crippen LogP contribution in [0.2, 0.25) is 0 Å². The van der Waals surface area contributed by atoms with Crippen molar-refractivity contribution in [2.24, 2.45) is 17.8 Å². The lowest BCUT2D eigenvalue weighted by molar-refractivity contribution is -0.148. The molecule has 2 atom stereocenters. The normalized spacial score (nSPS) is 21.4. The lowest BCUT2D eigenvalue weighted by Crippen LogP contribution is -2.51. The molecule has 43 heavy (non-hydrogen) atoms. The van der Waals surface area contributed by atoms with Crippen LogP contribution in [0.3, 0.4) is 0 Å². The van der Waals surface area contributed by atoms with E-state index in [2.05, 4.69) is 20.3 Å². The molecule has 3 aliphatic rings. The molecule has 3 aliphatic carbocycles. The van der Waals surface area contributed by atoms with Gasteiger partial charge in [0.25, 0.3) is 0 Å². The molecular formula is C31H22F5N5O2. The summed E-state index contributed by atoms with van der Waals surface area (Å²) < 4.78 is 74.5. The van der Waals surface area contributed by atoms with Crippen LogP contribution in [0, 0.1) is 58.2 Å². The van der Waals surface area contributed by atoms with Gasteiger partial charge in [-0.1, -0.05) is 0 Å². The van der Waals surface area contributed by atoms with Crippen LogP contribution >= 0.6 is 0 Å². The van der Waals surface area contributed by atoms with Crippen molar-refractivity contribution in [3.8, 4) is 28.5 Å². The number of nitrogens with zero attached hydrogens (tertiary/aromatic N) is 2. The number of aromatic amines is 2. The Kier molecular flexibility index (Phi) is 6.16. The second-order valence-electron chi connectivity index (χ2n) is 11.2. The van der Waals surface area contributed by atoms with Crippen LogP contribution in [0.5, 0.6) is 0 Å². The molecule has 7 nitrogen and oxygen atoms in total. The summed E-state index contributed by atoms with van der Waals surface area (Å²) in [6.45, 7) is 0. The van der Waals surface area contributed by atoms with Crippen LogP contribution in [0.25, 0.3) is 44.2 Å². The van der Waals surface area contributed by atoms with Gasteiger partial charge in [-0.15, -0.1) is 0 Å². The summed E-state index contributed by atoms with van der Waals surface area (Å²) in [7, 11) is 0. The van der Waals surface area contributed by atoms with Gasteiger partial charge >= 0.3 is 5.97 Å². The highest BCUT2D eigenvalue weighted by Crippen LogP contribution is 2.48. The van der Waals surface area contributed by atoms with Crippen LogP contribution in [-0.2, 0) is 4.79 Å². The van der Waals surface area contributed by atoms with Gasteiger partial charge in [0.1, 0.15) is 29.3 Å². The van der Waals surface area contributed by atoms with Gasteiger partial charge in [-0.2, -0.15) is 5.26 Å². The predicted octanol–water partition coefficient (Wildman–Crippen LogP) is 7.25. The first-order valence-electron chi connectivity index (χ1n) is 13.7. The first-order chi connectivity index (χ1) is 20.7. The van der Waals surface area contributed by atoms with Crippen molar-refractivity contribution in [3.05, 3.63) is 71.3 Å². The Labute approximate surface area is 240 Å². The maximum Gasteiger partial charge on any atom is 0.308 e. The van der Waals surface area contributed by atoms with E-state index < -0.39 is 47.0 Å². The Hall–Kier alpha value is -4.92. The first kappa shape index (κ1) is 26.9. The molecule has 3 heterocycles. The minimum atomic E-state index is -1.03. The zero-order chi connectivity index (χ0) is 30.2. The van der Waals surface area contributed by atoms with E-state index >= 15 is 4.39 Å². The van der Waals surface area contributed by atoms with Crippen molar-refractivity contribution in [2.75, 3.05) is 5.32 Å². The number of halogens is 5. The largest absolute Gasteiger partial charge is 0.481 e. The Balaban J connectivity index is 1.51. The average Bonchev–Trinajstić information content (AvgIpc) is 3.59. The van der Waals surface area contributed by atoms with E-state index in [-0.39, 0.29) is 67.4 Å². The zero-order valence-electron chi connectivity index (χ0n) is 22.2. The maximum atomic E-state index is 16.6. The van der Waals surface area contributed by atoms with Crippen molar-refractivity contribution in [2.45, 2.75) is 31.7 Å². The number of H-pyrrole nitrogens is 2. The molecule has 0 radical (unpaired) electrons. The van der Waals surface area contributed by atoms with Gasteiger partial charge in [0, 0.05) is 58.0 Å². The highest BCUT2D eigenvalue weighted by molar-refractivity contribution is 6.02. The Morgan fingerprint density at radius 2 is 1.44 bits per heavy atom. The van der Waals surface area contributed by atoms with Gasteiger partial charge in [-0.25, -0.2) is 26.9 Å². The lowest BCUT2D eigenvalue weighted by atomic mass is 9.61. The quantitative estimate of drug-likeness (QED) is 0.161. The Morgan fingerprint density at radius 1 is 0.884 bits per heavy atom. The van der Waals surface area contributed by atoms with Crippen LogP contribution in [-0.4, -0.2) is 32.1 Å². The van der Waals surface area contributed by atoms with Crippen LogP contribution in [0.4, 0.5) is 27.8 Å². The van der Waals surface area contributed by atoms with Gasteiger partial charge in [0.05, 0.1) is 28.2 Å². The number of carbonyl (C=O) groups is 1. The van der Waals surface area contributed by atoms with Gasteiger partial charge in [-0.3, -0.25) is 4.79 Å². The number of aromatic nitrogens is 3. The molecule has 0 amide bonds. The molecule has 218 valence electrons. The molecular weight excluding hydrogens is 569 g/mol. The molecule has 0 spiro atoms. The van der Waals surface area contributed by atoms with Crippen LogP contribution < -0.4 is 5.32 Å². The summed E-state index contributed by atoms with van der Waals surface area (Å²) in [6, 6.07) is 4.63. The fourth-order valence-corrected chi connectivity index (χ4v) is 7.10. The van der Waals surface area contributed by atoms with Gasteiger partial charge in [0.15, 0.2) is 11.6 Å². The van der Waals surface area contributed by atoms with Crippen LogP contribution in [0.1, 0.15) is 31.2 Å². The molecule has 8 rings (SSSR count). The van der Waals surface area contributed by atoms with Crippen molar-refractivity contribution >= 4 is 33.6 Å². The average molecular weight is 592 g/mol. The van der Waals surface area contributed by atoms with E-state index in [0.29, 0.717) is 12.1 Å². The molecule has 3 aromatic heterocycles. The van der Waals surface area contributed by atoms with Gasteiger partial charge in [0.2, 0.25) is 0 Å². The van der Waals surface area contributed by atoms with E-state index in [0.717, 1.165) is 37.8 Å². The number of pyridine rings is 1. The summed E-state index contributed by atoms with van der Waals surface area (Å²) in [4.78, 5) is 22.1. The first-order valence-corrected chi connectivity index (χ1v) is 13.7. The highest BCUT2D eigenvalue weighted by atomic mass is 19.1. The maximum absolute atomic E-state index is 16.6. The fourth-order valence-electron chi connectivity index (χ4n) is 7.10. The number of nitriles is 1. The number of anilines is 1. The van der Waals surface area contributed by atoms with Crippen molar-refractivity contribution in [3.63, 3.8) is 0 Å². The van der Waals surface area contributed by atoms with Crippen molar-refractivity contribution < 1.29 is 31.9 Å². The van der Waals surface area contributed by atoms with E-state index in [1.54, 1.807) is 0 Å². The third kappa shape index (κ3) is 4.13. The Morgan fingerprint density at radius 3 is 2.02 bits per heavy atom. The second kappa shape index (κ2) is 9.83. The van der Waals surface area contributed by atoms with Crippen molar-refractivity contribution in [1.29, 1.82) is 5.26 Å². The monoisotopic (exact) mass is 591 g/mol. The number of fused-ring (bicyclic) bond motifs is 5. The van der Waals surface area contributed by atoms with Crippen LogP contribution in [0.15, 0.2) is 36.7 Å². The number of hydrogen-bond acceptors (Lipinski definition) is 4. The zero-order valence-corrected chi connectivity index (χ0v) is 22.2. The summed E-state index contributed by atoms with van der Waals surface area (Å²) in [5.41, 5.74) is -1.03. The molecule has 0 aliphatic heterocycles. The third-order valence-electron chi connectivity index (χ3n) is 8.99. The van der Waals surface area contributed by atoms with Gasteiger partial charge in [-0.05, 0) is 49.7 Å². The number of carboxylic acid groups (broad SMARTS) is 1. The van der Waals surface area contributed by atoms with Crippen molar-refractivity contribution in [1.82, 2.24) is 15.0 Å². The highest BCUT2D eigenvalue weighted by Gasteiger charge is 2.48. The Bertz CT molecular complexity index is 2000. The van der Waals surface area contributed by atoms with Gasteiger partial charge < -0.3 is 20.4 Å². The molecule has 3 saturated carbocycles. The standard InChI is InChI=1S/C31H22F5N5O2/c32-14-5-16-19(10-38-28(16)21(34)7-14)24-18(9-37)27(20-11-39-29-17(20)6-15(33)8-22(29)35)41-30(25(24)36)40-26-13-3-1-12(2-4-13)23(26)31(42)43/h5-8,10-13,23,26,38-39H,1-4H2,(H,40,41)(H,42,43). The molecule has 0 saturated heterocycles. The lowest BCUT2D eigenvalue weighted by Gasteiger charge is -2.47. The molecule has 2 unspecified atom stereocenters. The number of benzene rings is 2. The van der Waals surface area contributed by atoms with E-state index in [9.17, 15) is 32.7 Å². The molecule has 12 heteroatoms.